The average Bonchev–Trinajstić information content (AvgIpc) is 2.93. The van der Waals surface area contributed by atoms with Crippen molar-refractivity contribution in [1.29, 1.82) is 0 Å². The number of imide groups is 1. The predicted molar refractivity (Wildman–Crippen MR) is 109 cm³/mol. The average molecular weight is 420 g/mol. The molecule has 29 heavy (non-hydrogen) atoms. The van der Waals surface area contributed by atoms with Crippen LogP contribution in [0.1, 0.15) is 26.3 Å². The topological polar surface area (TPSA) is 102 Å². The fraction of sp³-hybridized carbons (Fsp3) is 0.400. The van der Waals surface area contributed by atoms with E-state index in [9.17, 15) is 19.2 Å². The Morgan fingerprint density at radius 1 is 1.24 bits per heavy atom. The lowest BCUT2D eigenvalue weighted by molar-refractivity contribution is -0.145. The molecule has 0 bridgehead atoms. The van der Waals surface area contributed by atoms with Crippen LogP contribution in [0.15, 0.2) is 29.2 Å². The van der Waals surface area contributed by atoms with Gasteiger partial charge in [-0.3, -0.25) is 19.3 Å². The van der Waals surface area contributed by atoms with Crippen molar-refractivity contribution in [3.63, 3.8) is 0 Å². The Morgan fingerprint density at radius 2 is 1.97 bits per heavy atom. The number of rotatable bonds is 9. The van der Waals surface area contributed by atoms with E-state index in [1.807, 2.05) is 13.8 Å². The minimum absolute atomic E-state index is 0.179. The van der Waals surface area contributed by atoms with Crippen LogP contribution in [0.5, 0.6) is 5.75 Å². The highest BCUT2D eigenvalue weighted by atomic mass is 32.2. The van der Waals surface area contributed by atoms with Gasteiger partial charge in [-0.1, -0.05) is 32.0 Å². The number of thioether (sulfide) groups is 1. The van der Waals surface area contributed by atoms with Crippen molar-refractivity contribution in [2.75, 3.05) is 26.3 Å². The summed E-state index contributed by atoms with van der Waals surface area (Å²) in [5.74, 6) is -0.794. The normalized spacial score (nSPS) is 15.2. The van der Waals surface area contributed by atoms with E-state index in [2.05, 4.69) is 5.32 Å². The fourth-order valence-corrected chi connectivity index (χ4v) is 3.19. The molecule has 3 amide bonds. The maximum absolute atomic E-state index is 12.6. The number of hydrogen-bond acceptors (Lipinski definition) is 7. The highest BCUT2D eigenvalue weighted by Gasteiger charge is 2.36. The third kappa shape index (κ3) is 6.63. The van der Waals surface area contributed by atoms with E-state index in [0.717, 1.165) is 16.7 Å². The lowest BCUT2D eigenvalue weighted by Crippen LogP contribution is -2.40. The summed E-state index contributed by atoms with van der Waals surface area (Å²) in [6, 6.07) is 6.81. The van der Waals surface area contributed by atoms with Crippen LogP contribution in [0.4, 0.5) is 4.79 Å². The van der Waals surface area contributed by atoms with Crippen LogP contribution in [0, 0.1) is 5.92 Å². The van der Waals surface area contributed by atoms with Gasteiger partial charge in [0.15, 0.2) is 6.61 Å². The quantitative estimate of drug-likeness (QED) is 0.483. The molecular weight excluding hydrogens is 396 g/mol. The maximum atomic E-state index is 12.6. The number of para-hydroxylation sites is 1. The van der Waals surface area contributed by atoms with Crippen LogP contribution in [0.25, 0.3) is 6.08 Å². The van der Waals surface area contributed by atoms with Gasteiger partial charge in [-0.25, -0.2) is 4.79 Å². The number of amides is 3. The molecule has 0 atom stereocenters. The lowest BCUT2D eigenvalue weighted by atomic mass is 10.2. The summed E-state index contributed by atoms with van der Waals surface area (Å²) >= 11 is 0.756. The SMILES string of the molecule is CCOC(=O)COc1ccccc1/C=C1\SC(=O)N(CC(=O)NCC(C)C)C1=O. The Labute approximate surface area is 173 Å². The van der Waals surface area contributed by atoms with Gasteiger partial charge >= 0.3 is 5.97 Å². The van der Waals surface area contributed by atoms with E-state index in [1.54, 1.807) is 31.2 Å². The van der Waals surface area contributed by atoms with E-state index in [4.69, 9.17) is 9.47 Å². The number of carbonyl (C=O) groups excluding carboxylic acids is 4. The maximum Gasteiger partial charge on any atom is 0.344 e. The van der Waals surface area contributed by atoms with Gasteiger partial charge in [0.05, 0.1) is 11.5 Å². The molecule has 8 nitrogen and oxygen atoms in total. The number of benzene rings is 1. The number of ether oxygens (including phenoxy) is 2. The van der Waals surface area contributed by atoms with Crippen LogP contribution < -0.4 is 10.1 Å². The zero-order valence-electron chi connectivity index (χ0n) is 16.6. The van der Waals surface area contributed by atoms with Crippen molar-refractivity contribution in [3.8, 4) is 5.75 Å². The minimum atomic E-state index is -0.542. The van der Waals surface area contributed by atoms with Crippen molar-refractivity contribution >= 4 is 40.9 Å². The molecule has 0 aliphatic carbocycles. The second kappa shape index (κ2) is 10.7. The predicted octanol–water partition coefficient (Wildman–Crippen LogP) is 2.44. The molecule has 1 saturated heterocycles. The number of esters is 1. The first-order chi connectivity index (χ1) is 13.8. The van der Waals surface area contributed by atoms with Crippen LogP contribution in [-0.2, 0) is 19.1 Å². The first-order valence-corrected chi connectivity index (χ1v) is 10.0. The minimum Gasteiger partial charge on any atom is -0.481 e. The molecule has 1 heterocycles. The Kier molecular flexibility index (Phi) is 8.26. The Hall–Kier alpha value is -2.81. The first-order valence-electron chi connectivity index (χ1n) is 9.21. The van der Waals surface area contributed by atoms with Crippen LogP contribution in [0.3, 0.4) is 0 Å². The van der Waals surface area contributed by atoms with E-state index in [-0.39, 0.29) is 36.5 Å². The molecule has 1 aliphatic rings. The zero-order chi connectivity index (χ0) is 21.4. The Morgan fingerprint density at radius 3 is 2.66 bits per heavy atom. The van der Waals surface area contributed by atoms with Gasteiger partial charge in [0.2, 0.25) is 5.91 Å². The summed E-state index contributed by atoms with van der Waals surface area (Å²) in [6.45, 7) is 5.73. The second-order valence-corrected chi connectivity index (χ2v) is 7.59. The van der Waals surface area contributed by atoms with Crippen molar-refractivity contribution in [2.24, 2.45) is 5.92 Å². The van der Waals surface area contributed by atoms with Crippen LogP contribution in [0.2, 0.25) is 0 Å². The van der Waals surface area contributed by atoms with Crippen molar-refractivity contribution in [2.45, 2.75) is 20.8 Å². The lowest BCUT2D eigenvalue weighted by Gasteiger charge is -2.13. The van der Waals surface area contributed by atoms with Gasteiger partial charge in [-0.15, -0.1) is 0 Å². The largest absolute Gasteiger partial charge is 0.481 e. The van der Waals surface area contributed by atoms with Gasteiger partial charge in [-0.2, -0.15) is 0 Å². The second-order valence-electron chi connectivity index (χ2n) is 6.60. The molecule has 0 spiro atoms. The molecule has 0 unspecified atom stereocenters. The summed E-state index contributed by atoms with van der Waals surface area (Å²) in [5.41, 5.74) is 0.534. The Balaban J connectivity index is 2.09. The summed E-state index contributed by atoms with van der Waals surface area (Å²) in [7, 11) is 0. The third-order valence-corrected chi connectivity index (χ3v) is 4.65. The molecule has 0 saturated carbocycles. The smallest absolute Gasteiger partial charge is 0.344 e. The van der Waals surface area contributed by atoms with E-state index >= 15 is 0 Å². The molecule has 156 valence electrons. The molecule has 2 rings (SSSR count). The monoisotopic (exact) mass is 420 g/mol. The summed E-state index contributed by atoms with van der Waals surface area (Å²) in [4.78, 5) is 49.3. The van der Waals surface area contributed by atoms with Crippen molar-refractivity contribution in [3.05, 3.63) is 34.7 Å². The highest BCUT2D eigenvalue weighted by molar-refractivity contribution is 8.18. The van der Waals surface area contributed by atoms with E-state index in [1.165, 1.54) is 6.08 Å². The molecular formula is C20H24N2O6S. The molecule has 1 aliphatic heterocycles. The van der Waals surface area contributed by atoms with Gasteiger partial charge in [0, 0.05) is 12.1 Å². The van der Waals surface area contributed by atoms with Gasteiger partial charge in [0.25, 0.3) is 11.1 Å². The number of hydrogen-bond donors (Lipinski definition) is 1. The van der Waals surface area contributed by atoms with E-state index in [0.29, 0.717) is 17.9 Å². The third-order valence-electron chi connectivity index (χ3n) is 3.74. The van der Waals surface area contributed by atoms with Gasteiger partial charge in [0.1, 0.15) is 12.3 Å². The van der Waals surface area contributed by atoms with Gasteiger partial charge in [-0.05, 0) is 36.7 Å². The van der Waals surface area contributed by atoms with E-state index < -0.39 is 17.1 Å². The molecule has 0 aromatic heterocycles. The van der Waals surface area contributed by atoms with Gasteiger partial charge < -0.3 is 14.8 Å². The highest BCUT2D eigenvalue weighted by Crippen LogP contribution is 2.33. The summed E-state index contributed by atoms with van der Waals surface area (Å²) in [5, 5.41) is 2.18. The van der Waals surface area contributed by atoms with Crippen molar-refractivity contribution in [1.82, 2.24) is 10.2 Å². The van der Waals surface area contributed by atoms with Crippen molar-refractivity contribution < 1.29 is 28.7 Å². The Bertz CT molecular complexity index is 821. The first kappa shape index (κ1) is 22.5. The number of nitrogens with one attached hydrogen (secondary N) is 1. The molecule has 1 N–H and O–H groups in total. The van der Waals surface area contributed by atoms with Crippen LogP contribution in [-0.4, -0.2) is 54.2 Å². The molecule has 1 fully saturated rings. The molecule has 1 aromatic rings. The standard InChI is InChI=1S/C20H24N2O6S/c1-4-27-18(24)12-28-15-8-6-5-7-14(15)9-16-19(25)22(20(26)29-16)11-17(23)21-10-13(2)3/h5-9,13H,4,10-12H2,1-3H3,(H,21,23)/b16-9-. The number of carbonyl (C=O) groups is 4. The zero-order valence-corrected chi connectivity index (χ0v) is 17.4. The number of nitrogens with zero attached hydrogens (tertiary/aromatic N) is 1. The summed E-state index contributed by atoms with van der Waals surface area (Å²) < 4.78 is 10.3. The fourth-order valence-electron chi connectivity index (χ4n) is 2.37. The summed E-state index contributed by atoms with van der Waals surface area (Å²) in [6.07, 6.45) is 1.51. The molecule has 0 radical (unpaired) electrons. The van der Waals surface area contributed by atoms with Crippen LogP contribution >= 0.6 is 11.8 Å². The molecule has 1 aromatic carbocycles. The molecule has 9 heteroatoms.